The molecule has 4 nitrogen and oxygen atoms in total. The molecule has 0 fully saturated rings. The molecule has 3 rings (SSSR count). The van der Waals surface area contributed by atoms with Gasteiger partial charge in [-0.1, -0.05) is 0 Å². The zero-order valence-electron chi connectivity index (χ0n) is 10.6. The molecular formula is C13H18N4S. The molecule has 0 aliphatic carbocycles. The Morgan fingerprint density at radius 1 is 1.33 bits per heavy atom. The topological polar surface area (TPSA) is 33.1 Å². The number of hydrogen-bond donors (Lipinski definition) is 1. The molecule has 1 aliphatic heterocycles. The lowest BCUT2D eigenvalue weighted by molar-refractivity contribution is 0.210. The van der Waals surface area contributed by atoms with Crippen LogP contribution in [0.25, 0.3) is 0 Å². The van der Waals surface area contributed by atoms with E-state index < -0.39 is 0 Å². The van der Waals surface area contributed by atoms with Crippen LogP contribution in [0.3, 0.4) is 0 Å². The second-order valence-electron chi connectivity index (χ2n) is 4.65. The summed E-state index contributed by atoms with van der Waals surface area (Å²) in [7, 11) is 1.99. The average Bonchev–Trinajstić information content (AvgIpc) is 2.98. The first-order valence-corrected chi connectivity index (χ1v) is 7.11. The van der Waals surface area contributed by atoms with Crippen LogP contribution in [-0.2, 0) is 26.2 Å². The Kier molecular flexibility index (Phi) is 3.45. The summed E-state index contributed by atoms with van der Waals surface area (Å²) in [6.07, 6.45) is 3.97. The van der Waals surface area contributed by atoms with Crippen LogP contribution in [0.5, 0.6) is 0 Å². The Morgan fingerprint density at radius 2 is 2.22 bits per heavy atom. The third-order valence-electron chi connectivity index (χ3n) is 3.27. The smallest absolute Gasteiger partial charge is 0.122 e. The van der Waals surface area contributed by atoms with E-state index >= 15 is 0 Å². The van der Waals surface area contributed by atoms with Gasteiger partial charge in [-0.05, 0) is 19.2 Å². The van der Waals surface area contributed by atoms with Crippen molar-refractivity contribution in [1.82, 2.24) is 19.8 Å². The molecule has 0 bridgehead atoms. The van der Waals surface area contributed by atoms with Crippen molar-refractivity contribution in [3.8, 4) is 0 Å². The van der Waals surface area contributed by atoms with E-state index in [-0.39, 0.29) is 0 Å². The Balaban J connectivity index is 1.63. The summed E-state index contributed by atoms with van der Waals surface area (Å²) in [6.45, 7) is 5.15. The van der Waals surface area contributed by atoms with Gasteiger partial charge in [-0.15, -0.1) is 11.3 Å². The van der Waals surface area contributed by atoms with Gasteiger partial charge in [-0.2, -0.15) is 0 Å². The van der Waals surface area contributed by atoms with E-state index in [1.165, 1.54) is 15.6 Å². The summed E-state index contributed by atoms with van der Waals surface area (Å²) in [6, 6.07) is 4.47. The van der Waals surface area contributed by atoms with Crippen LogP contribution < -0.4 is 5.32 Å². The fraction of sp³-hybridized carbons (Fsp3) is 0.462. The van der Waals surface area contributed by atoms with Gasteiger partial charge in [0.05, 0.1) is 6.54 Å². The SMILES string of the molecule is CNCc1ccc(CN2CCn3ccnc3C2)s1. The van der Waals surface area contributed by atoms with Crippen LogP contribution in [0.4, 0.5) is 0 Å². The Labute approximate surface area is 111 Å². The number of hydrogen-bond acceptors (Lipinski definition) is 4. The average molecular weight is 262 g/mol. The van der Waals surface area contributed by atoms with E-state index in [0.29, 0.717) is 0 Å². The van der Waals surface area contributed by atoms with Crippen molar-refractivity contribution in [2.75, 3.05) is 13.6 Å². The summed E-state index contributed by atoms with van der Waals surface area (Å²) in [5.74, 6) is 1.19. The molecule has 0 atom stereocenters. The Hall–Kier alpha value is -1.17. The van der Waals surface area contributed by atoms with Gasteiger partial charge in [-0.3, -0.25) is 4.90 Å². The Morgan fingerprint density at radius 3 is 3.11 bits per heavy atom. The molecule has 0 aromatic carbocycles. The fourth-order valence-corrected chi connectivity index (χ4v) is 3.43. The summed E-state index contributed by atoms with van der Waals surface area (Å²) < 4.78 is 2.25. The minimum atomic E-state index is 0.965. The molecule has 0 saturated heterocycles. The van der Waals surface area contributed by atoms with Gasteiger partial charge in [0.25, 0.3) is 0 Å². The van der Waals surface area contributed by atoms with E-state index in [2.05, 4.69) is 38.1 Å². The van der Waals surface area contributed by atoms with Crippen LogP contribution in [0.15, 0.2) is 24.5 Å². The van der Waals surface area contributed by atoms with Crippen molar-refractivity contribution in [2.24, 2.45) is 0 Å². The van der Waals surface area contributed by atoms with E-state index in [9.17, 15) is 0 Å². The number of thiophene rings is 1. The van der Waals surface area contributed by atoms with Crippen molar-refractivity contribution in [3.05, 3.63) is 40.1 Å². The number of nitrogens with one attached hydrogen (secondary N) is 1. The monoisotopic (exact) mass is 262 g/mol. The highest BCUT2D eigenvalue weighted by Gasteiger charge is 2.16. The normalized spacial score (nSPS) is 15.8. The van der Waals surface area contributed by atoms with Gasteiger partial charge in [-0.25, -0.2) is 4.98 Å². The van der Waals surface area contributed by atoms with Crippen LogP contribution in [-0.4, -0.2) is 28.0 Å². The Bertz CT molecular complexity index is 517. The first kappa shape index (κ1) is 11.9. The van der Waals surface area contributed by atoms with Crippen molar-refractivity contribution in [1.29, 1.82) is 0 Å². The molecular weight excluding hydrogens is 244 g/mol. The minimum absolute atomic E-state index is 0.965. The molecule has 96 valence electrons. The highest BCUT2D eigenvalue weighted by molar-refractivity contribution is 7.11. The molecule has 0 unspecified atom stereocenters. The number of rotatable bonds is 4. The van der Waals surface area contributed by atoms with Crippen LogP contribution in [0.2, 0.25) is 0 Å². The van der Waals surface area contributed by atoms with Crippen LogP contribution in [0, 0.1) is 0 Å². The molecule has 0 amide bonds. The maximum atomic E-state index is 4.40. The van der Waals surface area contributed by atoms with E-state index in [4.69, 9.17) is 0 Å². The molecule has 1 N–H and O–H groups in total. The summed E-state index contributed by atoms with van der Waals surface area (Å²) >= 11 is 1.90. The molecule has 5 heteroatoms. The van der Waals surface area contributed by atoms with Gasteiger partial charge in [0.2, 0.25) is 0 Å². The fourth-order valence-electron chi connectivity index (χ4n) is 2.36. The van der Waals surface area contributed by atoms with Crippen LogP contribution >= 0.6 is 11.3 Å². The second-order valence-corrected chi connectivity index (χ2v) is 5.90. The van der Waals surface area contributed by atoms with Crippen molar-refractivity contribution in [3.63, 3.8) is 0 Å². The zero-order chi connectivity index (χ0) is 12.4. The molecule has 0 saturated carbocycles. The lowest BCUT2D eigenvalue weighted by Gasteiger charge is -2.26. The maximum Gasteiger partial charge on any atom is 0.122 e. The number of nitrogens with zero attached hydrogens (tertiary/aromatic N) is 3. The largest absolute Gasteiger partial charge is 0.333 e. The first-order chi connectivity index (χ1) is 8.85. The lowest BCUT2D eigenvalue weighted by Crippen LogP contribution is -2.32. The standard InChI is InChI=1S/C13H18N4S/c1-14-8-11-2-3-12(18-11)9-16-6-7-17-5-4-15-13(17)10-16/h2-5,14H,6-10H2,1H3. The van der Waals surface area contributed by atoms with Gasteiger partial charge < -0.3 is 9.88 Å². The van der Waals surface area contributed by atoms with Crippen molar-refractivity contribution < 1.29 is 0 Å². The molecule has 2 aromatic heterocycles. The van der Waals surface area contributed by atoms with Crippen molar-refractivity contribution in [2.45, 2.75) is 26.2 Å². The van der Waals surface area contributed by atoms with Crippen molar-refractivity contribution >= 4 is 11.3 Å². The summed E-state index contributed by atoms with van der Waals surface area (Å²) in [4.78, 5) is 9.72. The van der Waals surface area contributed by atoms with Crippen LogP contribution in [0.1, 0.15) is 15.6 Å². The molecule has 2 aromatic rings. The molecule has 0 radical (unpaired) electrons. The third-order valence-corrected chi connectivity index (χ3v) is 4.34. The summed E-state index contributed by atoms with van der Waals surface area (Å²) in [5.41, 5.74) is 0. The molecule has 18 heavy (non-hydrogen) atoms. The van der Waals surface area contributed by atoms with E-state index in [1.807, 2.05) is 24.6 Å². The van der Waals surface area contributed by atoms with Gasteiger partial charge in [0, 0.05) is 48.3 Å². The second kappa shape index (κ2) is 5.22. The predicted octanol–water partition coefficient (Wildman–Crippen LogP) is 1.68. The number of imidazole rings is 1. The van der Waals surface area contributed by atoms with E-state index in [0.717, 1.165) is 32.7 Å². The quantitative estimate of drug-likeness (QED) is 0.910. The number of fused-ring (bicyclic) bond motifs is 1. The van der Waals surface area contributed by atoms with Gasteiger partial charge in [0.1, 0.15) is 5.82 Å². The maximum absolute atomic E-state index is 4.40. The van der Waals surface area contributed by atoms with Gasteiger partial charge in [0.15, 0.2) is 0 Å². The van der Waals surface area contributed by atoms with Gasteiger partial charge >= 0.3 is 0 Å². The highest BCUT2D eigenvalue weighted by Crippen LogP contribution is 2.20. The predicted molar refractivity (Wildman–Crippen MR) is 73.4 cm³/mol. The number of aromatic nitrogens is 2. The molecule has 1 aliphatic rings. The lowest BCUT2D eigenvalue weighted by atomic mass is 10.3. The molecule has 0 spiro atoms. The minimum Gasteiger partial charge on any atom is -0.333 e. The highest BCUT2D eigenvalue weighted by atomic mass is 32.1. The first-order valence-electron chi connectivity index (χ1n) is 6.30. The summed E-state index contributed by atoms with van der Waals surface area (Å²) in [5, 5.41) is 3.19. The zero-order valence-corrected chi connectivity index (χ0v) is 11.4. The third kappa shape index (κ3) is 2.48. The van der Waals surface area contributed by atoms with E-state index in [1.54, 1.807) is 0 Å². The molecule has 3 heterocycles.